The molecule has 2 heterocycles. The number of halogens is 1. The number of nitrogens with zero attached hydrogens (tertiary/aromatic N) is 4. The number of hydrogen-bond donors (Lipinski definition) is 1. The molecule has 0 atom stereocenters. The predicted molar refractivity (Wildman–Crippen MR) is 74.4 cm³/mol. The molecule has 0 aliphatic heterocycles. The standard InChI is InChI=1S/C12H14BrN5/c1-4-8-9(13)10(14-3)18-12(17-8)11-15-5-7(2)6-16-11/h5-6H,4H2,1-3H3,(H,14,17,18). The van der Waals surface area contributed by atoms with Crippen LogP contribution in [0.4, 0.5) is 5.82 Å². The lowest BCUT2D eigenvalue weighted by atomic mass is 10.3. The largest absolute Gasteiger partial charge is 0.372 e. The molecule has 0 saturated carbocycles. The van der Waals surface area contributed by atoms with E-state index in [0.717, 1.165) is 28.0 Å². The molecule has 5 nitrogen and oxygen atoms in total. The molecule has 0 amide bonds. The number of rotatable bonds is 3. The predicted octanol–water partition coefficient (Wildman–Crippen LogP) is 2.61. The van der Waals surface area contributed by atoms with Crippen LogP contribution in [0.2, 0.25) is 0 Å². The smallest absolute Gasteiger partial charge is 0.200 e. The van der Waals surface area contributed by atoms with Crippen molar-refractivity contribution in [2.75, 3.05) is 12.4 Å². The molecule has 0 aliphatic carbocycles. The van der Waals surface area contributed by atoms with Crippen molar-refractivity contribution in [3.63, 3.8) is 0 Å². The van der Waals surface area contributed by atoms with E-state index in [1.807, 2.05) is 20.9 Å². The summed E-state index contributed by atoms with van der Waals surface area (Å²) in [6.45, 7) is 4.00. The third-order valence-corrected chi connectivity index (χ3v) is 3.31. The first-order valence-electron chi connectivity index (χ1n) is 5.69. The van der Waals surface area contributed by atoms with Crippen LogP contribution < -0.4 is 5.32 Å². The molecule has 94 valence electrons. The van der Waals surface area contributed by atoms with Crippen LogP contribution in [0.3, 0.4) is 0 Å². The fourth-order valence-corrected chi connectivity index (χ4v) is 2.16. The second-order valence-corrected chi connectivity index (χ2v) is 4.64. The molecule has 18 heavy (non-hydrogen) atoms. The van der Waals surface area contributed by atoms with E-state index >= 15 is 0 Å². The van der Waals surface area contributed by atoms with Crippen LogP contribution in [0.1, 0.15) is 18.2 Å². The highest BCUT2D eigenvalue weighted by Gasteiger charge is 2.12. The van der Waals surface area contributed by atoms with Crippen molar-refractivity contribution in [3.05, 3.63) is 28.1 Å². The Labute approximate surface area is 114 Å². The summed E-state index contributed by atoms with van der Waals surface area (Å²) in [7, 11) is 1.83. The summed E-state index contributed by atoms with van der Waals surface area (Å²) in [5.74, 6) is 1.83. The van der Waals surface area contributed by atoms with Gasteiger partial charge in [-0.1, -0.05) is 6.92 Å². The van der Waals surface area contributed by atoms with Crippen LogP contribution in [0.25, 0.3) is 11.6 Å². The first kappa shape index (κ1) is 12.9. The van der Waals surface area contributed by atoms with Crippen molar-refractivity contribution in [1.82, 2.24) is 19.9 Å². The van der Waals surface area contributed by atoms with Crippen LogP contribution in [0.15, 0.2) is 16.9 Å². The van der Waals surface area contributed by atoms with Crippen LogP contribution >= 0.6 is 15.9 Å². The van der Waals surface area contributed by atoms with Gasteiger partial charge in [0.05, 0.1) is 10.2 Å². The minimum absolute atomic E-state index is 0.541. The molecule has 6 heteroatoms. The van der Waals surface area contributed by atoms with Crippen LogP contribution in [0, 0.1) is 6.92 Å². The molecule has 2 rings (SSSR count). The van der Waals surface area contributed by atoms with Gasteiger partial charge in [-0.15, -0.1) is 0 Å². The summed E-state index contributed by atoms with van der Waals surface area (Å²) in [6, 6.07) is 0. The SMILES string of the molecule is CCc1nc(-c2ncc(C)cn2)nc(NC)c1Br. The van der Waals surface area contributed by atoms with Crippen molar-refractivity contribution in [2.24, 2.45) is 0 Å². The van der Waals surface area contributed by atoms with Crippen molar-refractivity contribution in [3.8, 4) is 11.6 Å². The number of hydrogen-bond acceptors (Lipinski definition) is 5. The molecule has 2 aromatic rings. The topological polar surface area (TPSA) is 63.6 Å². The van der Waals surface area contributed by atoms with E-state index in [4.69, 9.17) is 0 Å². The summed E-state index contributed by atoms with van der Waals surface area (Å²) >= 11 is 3.49. The monoisotopic (exact) mass is 307 g/mol. The Bertz CT molecular complexity index is 528. The maximum Gasteiger partial charge on any atom is 0.200 e. The van der Waals surface area contributed by atoms with Crippen LogP contribution in [0.5, 0.6) is 0 Å². The van der Waals surface area contributed by atoms with Gasteiger partial charge in [-0.3, -0.25) is 0 Å². The van der Waals surface area contributed by atoms with Crippen molar-refractivity contribution >= 4 is 21.7 Å². The molecule has 0 spiro atoms. The Hall–Kier alpha value is -1.56. The van der Waals surface area contributed by atoms with Gasteiger partial charge in [0.15, 0.2) is 11.6 Å². The van der Waals surface area contributed by atoms with E-state index in [1.165, 1.54) is 0 Å². The third kappa shape index (κ3) is 2.48. The first-order chi connectivity index (χ1) is 8.65. The fourth-order valence-electron chi connectivity index (χ4n) is 1.50. The van der Waals surface area contributed by atoms with Crippen LogP contribution in [-0.2, 0) is 6.42 Å². The molecule has 0 fully saturated rings. The van der Waals surface area contributed by atoms with Gasteiger partial charge < -0.3 is 5.32 Å². The Kier molecular flexibility index (Phi) is 3.86. The quantitative estimate of drug-likeness (QED) is 0.944. The normalized spacial score (nSPS) is 10.4. The molecule has 0 saturated heterocycles. The van der Waals surface area contributed by atoms with Gasteiger partial charge >= 0.3 is 0 Å². The van der Waals surface area contributed by atoms with E-state index in [1.54, 1.807) is 12.4 Å². The summed E-state index contributed by atoms with van der Waals surface area (Å²) in [4.78, 5) is 17.4. The average molecular weight is 308 g/mol. The molecule has 0 aliphatic rings. The number of aryl methyl sites for hydroxylation is 2. The third-order valence-electron chi connectivity index (χ3n) is 2.47. The van der Waals surface area contributed by atoms with E-state index in [9.17, 15) is 0 Å². The van der Waals surface area contributed by atoms with Crippen molar-refractivity contribution in [1.29, 1.82) is 0 Å². The lowest BCUT2D eigenvalue weighted by molar-refractivity contribution is 0.970. The zero-order valence-corrected chi connectivity index (χ0v) is 12.1. The second-order valence-electron chi connectivity index (χ2n) is 3.84. The van der Waals surface area contributed by atoms with Gasteiger partial charge in [0, 0.05) is 19.4 Å². The van der Waals surface area contributed by atoms with E-state index in [-0.39, 0.29) is 0 Å². The maximum absolute atomic E-state index is 4.48. The molecule has 0 bridgehead atoms. The number of aromatic nitrogens is 4. The van der Waals surface area contributed by atoms with Gasteiger partial charge in [-0.2, -0.15) is 0 Å². The minimum atomic E-state index is 0.541. The Morgan fingerprint density at radius 2 is 1.83 bits per heavy atom. The highest BCUT2D eigenvalue weighted by molar-refractivity contribution is 9.10. The summed E-state index contributed by atoms with van der Waals surface area (Å²) in [6.07, 6.45) is 4.34. The van der Waals surface area contributed by atoms with Crippen molar-refractivity contribution in [2.45, 2.75) is 20.3 Å². The molecule has 0 radical (unpaired) electrons. The molecular formula is C12H14BrN5. The summed E-state index contributed by atoms with van der Waals surface area (Å²) in [5.41, 5.74) is 1.95. The van der Waals surface area contributed by atoms with Gasteiger partial charge in [0.2, 0.25) is 0 Å². The minimum Gasteiger partial charge on any atom is -0.372 e. The van der Waals surface area contributed by atoms with E-state index in [0.29, 0.717) is 11.6 Å². The fraction of sp³-hybridized carbons (Fsp3) is 0.333. The van der Waals surface area contributed by atoms with Gasteiger partial charge in [0.25, 0.3) is 0 Å². The zero-order chi connectivity index (χ0) is 13.1. The number of nitrogens with one attached hydrogen (secondary N) is 1. The summed E-state index contributed by atoms with van der Waals surface area (Å²) < 4.78 is 0.892. The Morgan fingerprint density at radius 1 is 1.17 bits per heavy atom. The van der Waals surface area contributed by atoms with Gasteiger partial charge in [0.1, 0.15) is 5.82 Å². The Morgan fingerprint density at radius 3 is 2.39 bits per heavy atom. The van der Waals surface area contributed by atoms with Gasteiger partial charge in [-0.25, -0.2) is 19.9 Å². The summed E-state index contributed by atoms with van der Waals surface area (Å²) in [5, 5.41) is 3.04. The van der Waals surface area contributed by atoms with E-state index < -0.39 is 0 Å². The lowest BCUT2D eigenvalue weighted by Gasteiger charge is -2.09. The average Bonchev–Trinajstić information content (AvgIpc) is 2.40. The molecular weight excluding hydrogens is 294 g/mol. The Balaban J connectivity index is 2.54. The van der Waals surface area contributed by atoms with Gasteiger partial charge in [-0.05, 0) is 34.8 Å². The second kappa shape index (κ2) is 5.39. The zero-order valence-electron chi connectivity index (χ0n) is 10.5. The first-order valence-corrected chi connectivity index (χ1v) is 6.48. The molecule has 0 aromatic carbocycles. The molecule has 1 N–H and O–H groups in total. The van der Waals surface area contributed by atoms with Crippen molar-refractivity contribution < 1.29 is 0 Å². The highest BCUT2D eigenvalue weighted by atomic mass is 79.9. The lowest BCUT2D eigenvalue weighted by Crippen LogP contribution is -2.04. The highest BCUT2D eigenvalue weighted by Crippen LogP contribution is 2.25. The van der Waals surface area contributed by atoms with E-state index in [2.05, 4.69) is 41.2 Å². The molecule has 2 aromatic heterocycles. The van der Waals surface area contributed by atoms with Crippen LogP contribution in [-0.4, -0.2) is 27.0 Å². The molecule has 0 unspecified atom stereocenters. The maximum atomic E-state index is 4.48. The number of anilines is 1.